The number of carbonyl (C=O) groups excluding carboxylic acids is 4. The Morgan fingerprint density at radius 2 is 1.54 bits per heavy atom. The molecule has 242 valence electrons. The topological polar surface area (TPSA) is 129 Å². The van der Waals surface area contributed by atoms with Crippen LogP contribution >= 0.6 is 0 Å². The molecule has 0 bridgehead atoms. The van der Waals surface area contributed by atoms with Gasteiger partial charge in [-0.25, -0.2) is 0 Å². The SMILES string of the molecule is COc1ccc(O)c(C2C3=CCC4C(=O)N(c5ccc(N=Nc6ccc(N(C)C)cc6)cc5)C(=O)C4C3CC3=C2C(=O)C(C)=CC3=O)c1. The van der Waals surface area contributed by atoms with Gasteiger partial charge in [0.05, 0.1) is 36.0 Å². The van der Waals surface area contributed by atoms with Crippen molar-refractivity contribution < 1.29 is 29.0 Å². The molecule has 3 aromatic carbocycles. The summed E-state index contributed by atoms with van der Waals surface area (Å²) in [5, 5.41) is 19.7. The van der Waals surface area contributed by atoms with E-state index in [0.29, 0.717) is 45.1 Å². The fraction of sp³-hybridized carbons (Fsp3) is 0.263. The number of amides is 2. The third-order valence-electron chi connectivity index (χ3n) is 9.87. The number of methoxy groups -OCH3 is 1. The molecule has 48 heavy (non-hydrogen) atoms. The van der Waals surface area contributed by atoms with Crippen LogP contribution in [-0.4, -0.2) is 49.7 Å². The van der Waals surface area contributed by atoms with Crippen molar-refractivity contribution in [3.05, 3.63) is 107 Å². The summed E-state index contributed by atoms with van der Waals surface area (Å²) in [5.41, 5.74) is 4.86. The van der Waals surface area contributed by atoms with Crippen LogP contribution in [0.2, 0.25) is 0 Å². The molecule has 4 aliphatic rings. The van der Waals surface area contributed by atoms with Crippen LogP contribution < -0.4 is 14.5 Å². The summed E-state index contributed by atoms with van der Waals surface area (Å²) >= 11 is 0. The molecule has 7 rings (SSSR count). The van der Waals surface area contributed by atoms with Gasteiger partial charge in [0.1, 0.15) is 11.5 Å². The van der Waals surface area contributed by atoms with Crippen LogP contribution in [0.5, 0.6) is 11.5 Å². The molecule has 1 saturated heterocycles. The van der Waals surface area contributed by atoms with Crippen LogP contribution in [0, 0.1) is 17.8 Å². The summed E-state index contributed by atoms with van der Waals surface area (Å²) in [4.78, 5) is 58.4. The zero-order chi connectivity index (χ0) is 33.9. The summed E-state index contributed by atoms with van der Waals surface area (Å²) < 4.78 is 5.43. The minimum atomic E-state index is -0.768. The van der Waals surface area contributed by atoms with E-state index in [-0.39, 0.29) is 42.0 Å². The zero-order valence-electron chi connectivity index (χ0n) is 27.0. The van der Waals surface area contributed by atoms with Crippen molar-refractivity contribution in [3.63, 3.8) is 0 Å². The molecule has 2 amide bonds. The van der Waals surface area contributed by atoms with Gasteiger partial charge in [-0.3, -0.25) is 24.1 Å². The third kappa shape index (κ3) is 5.04. The number of aromatic hydroxyl groups is 1. The van der Waals surface area contributed by atoms with Crippen molar-refractivity contribution in [2.24, 2.45) is 28.0 Å². The first-order valence-electron chi connectivity index (χ1n) is 15.8. The Kier molecular flexibility index (Phi) is 7.66. The summed E-state index contributed by atoms with van der Waals surface area (Å²) in [6.45, 7) is 1.61. The second-order valence-corrected chi connectivity index (χ2v) is 12.8. The lowest BCUT2D eigenvalue weighted by Crippen LogP contribution is -2.39. The van der Waals surface area contributed by atoms with Gasteiger partial charge in [-0.05, 0) is 98.5 Å². The number of fused-ring (bicyclic) bond motifs is 3. The van der Waals surface area contributed by atoms with Crippen LogP contribution in [0.15, 0.2) is 111 Å². The molecule has 0 spiro atoms. The van der Waals surface area contributed by atoms with E-state index in [0.717, 1.165) is 11.3 Å². The number of phenols is 1. The van der Waals surface area contributed by atoms with Crippen LogP contribution in [0.4, 0.5) is 22.7 Å². The van der Waals surface area contributed by atoms with E-state index in [1.165, 1.54) is 24.2 Å². The molecule has 4 unspecified atom stereocenters. The number of anilines is 2. The van der Waals surface area contributed by atoms with Gasteiger partial charge in [-0.1, -0.05) is 11.6 Å². The van der Waals surface area contributed by atoms with Gasteiger partial charge in [-0.15, -0.1) is 0 Å². The summed E-state index contributed by atoms with van der Waals surface area (Å²) in [7, 11) is 5.43. The van der Waals surface area contributed by atoms with Crippen molar-refractivity contribution in [2.45, 2.75) is 25.7 Å². The number of imide groups is 1. The Balaban J connectivity index is 1.20. The Bertz CT molecular complexity index is 2010. The highest BCUT2D eigenvalue weighted by molar-refractivity contribution is 6.25. The average molecular weight is 643 g/mol. The van der Waals surface area contributed by atoms with Gasteiger partial charge in [0.2, 0.25) is 11.8 Å². The first kappa shape index (κ1) is 31.0. The molecule has 10 nitrogen and oxygen atoms in total. The standard InChI is InChI=1S/C38H34N4O6/c1-20-17-32(44)30-19-28-26(33(35(30)36(20)45)29-18-25(48-4)13-16-31(29)43)14-15-27-34(28)38(47)42(37(27)46)24-11-7-22(8-12-24)40-39-21-5-9-23(10-6-21)41(2)3/h5-14,16-18,27-28,33-34,43H,15,19H2,1-4H3. The maximum absolute atomic E-state index is 14.2. The number of ether oxygens (including phenoxy) is 1. The smallest absolute Gasteiger partial charge is 0.238 e. The number of benzene rings is 3. The number of azo groups is 1. The molecule has 0 saturated carbocycles. The van der Waals surface area contributed by atoms with Gasteiger partial charge in [-0.2, -0.15) is 10.2 Å². The van der Waals surface area contributed by atoms with Crippen LogP contribution in [0.3, 0.4) is 0 Å². The van der Waals surface area contributed by atoms with E-state index < -0.39 is 23.7 Å². The lowest BCUT2D eigenvalue weighted by molar-refractivity contribution is -0.123. The highest BCUT2D eigenvalue weighted by atomic mass is 16.5. The fourth-order valence-electron chi connectivity index (χ4n) is 7.46. The van der Waals surface area contributed by atoms with E-state index in [4.69, 9.17) is 4.74 Å². The van der Waals surface area contributed by atoms with E-state index in [9.17, 15) is 24.3 Å². The highest BCUT2D eigenvalue weighted by Crippen LogP contribution is 2.56. The van der Waals surface area contributed by atoms with Gasteiger partial charge in [0, 0.05) is 48.0 Å². The van der Waals surface area contributed by atoms with Gasteiger partial charge < -0.3 is 14.7 Å². The zero-order valence-corrected chi connectivity index (χ0v) is 27.0. The van der Waals surface area contributed by atoms with Crippen LogP contribution in [0.25, 0.3) is 0 Å². The number of phenolic OH excluding ortho intramolecular Hbond substituents is 1. The largest absolute Gasteiger partial charge is 0.508 e. The normalized spacial score (nSPS) is 23.5. The lowest BCUT2D eigenvalue weighted by Gasteiger charge is -2.42. The van der Waals surface area contributed by atoms with Crippen LogP contribution in [0.1, 0.15) is 31.2 Å². The molecule has 1 fully saturated rings. The first-order valence-corrected chi connectivity index (χ1v) is 15.8. The van der Waals surface area contributed by atoms with Gasteiger partial charge in [0.15, 0.2) is 11.6 Å². The molecule has 0 aromatic heterocycles. The van der Waals surface area contributed by atoms with E-state index in [1.807, 2.05) is 49.3 Å². The maximum atomic E-state index is 14.2. The van der Waals surface area contributed by atoms with Crippen molar-refractivity contribution in [1.82, 2.24) is 0 Å². The number of Topliss-reactive ketones (excluding diaryl/α,β-unsaturated/α-hetero) is 1. The molecule has 1 aliphatic heterocycles. The Hall–Kier alpha value is -5.64. The molecule has 1 N–H and O–H groups in total. The van der Waals surface area contributed by atoms with Crippen LogP contribution in [-0.2, 0) is 19.2 Å². The summed E-state index contributed by atoms with van der Waals surface area (Å²) in [6.07, 6.45) is 3.70. The van der Waals surface area contributed by atoms with E-state index in [2.05, 4.69) is 10.2 Å². The first-order chi connectivity index (χ1) is 23.1. The number of carbonyl (C=O) groups is 4. The molecular weight excluding hydrogens is 608 g/mol. The number of hydrogen-bond donors (Lipinski definition) is 1. The molecular formula is C38H34N4O6. The second kappa shape index (κ2) is 11.9. The maximum Gasteiger partial charge on any atom is 0.238 e. The van der Waals surface area contributed by atoms with Crippen molar-refractivity contribution in [3.8, 4) is 11.5 Å². The van der Waals surface area contributed by atoms with Gasteiger partial charge >= 0.3 is 0 Å². The van der Waals surface area contributed by atoms with Crippen molar-refractivity contribution in [2.75, 3.05) is 31.0 Å². The average Bonchev–Trinajstić information content (AvgIpc) is 3.35. The number of nitrogens with zero attached hydrogens (tertiary/aromatic N) is 4. The summed E-state index contributed by atoms with van der Waals surface area (Å²) in [6, 6.07) is 19.2. The van der Waals surface area contributed by atoms with Gasteiger partial charge in [0.25, 0.3) is 0 Å². The minimum absolute atomic E-state index is 0.0537. The molecule has 0 radical (unpaired) electrons. The number of allylic oxidation sites excluding steroid dienone is 6. The fourth-order valence-corrected chi connectivity index (χ4v) is 7.46. The quantitative estimate of drug-likeness (QED) is 0.140. The minimum Gasteiger partial charge on any atom is -0.508 e. The predicted octanol–water partition coefficient (Wildman–Crippen LogP) is 6.52. The molecule has 10 heteroatoms. The number of ketones is 2. The third-order valence-corrected chi connectivity index (χ3v) is 9.87. The second-order valence-electron chi connectivity index (χ2n) is 12.8. The lowest BCUT2D eigenvalue weighted by atomic mass is 9.59. The Morgan fingerprint density at radius 1 is 0.875 bits per heavy atom. The van der Waals surface area contributed by atoms with Crippen molar-refractivity contribution in [1.29, 1.82) is 0 Å². The Labute approximate surface area is 277 Å². The molecule has 4 atom stereocenters. The van der Waals surface area contributed by atoms with E-state index >= 15 is 0 Å². The van der Waals surface area contributed by atoms with E-state index in [1.54, 1.807) is 43.3 Å². The van der Waals surface area contributed by atoms with Crippen molar-refractivity contribution >= 4 is 46.1 Å². The summed E-state index contributed by atoms with van der Waals surface area (Å²) in [5.74, 6) is -3.43. The molecule has 1 heterocycles. The number of hydrogen-bond acceptors (Lipinski definition) is 9. The Morgan fingerprint density at radius 3 is 2.19 bits per heavy atom. The molecule has 3 aliphatic carbocycles. The monoisotopic (exact) mass is 642 g/mol. The highest BCUT2D eigenvalue weighted by Gasteiger charge is 2.56. The molecule has 3 aromatic rings. The number of rotatable bonds is 6. The predicted molar refractivity (Wildman–Crippen MR) is 180 cm³/mol.